The van der Waals surface area contributed by atoms with Crippen LogP contribution in [0.1, 0.15) is 34.2 Å². The summed E-state index contributed by atoms with van der Waals surface area (Å²) >= 11 is 0. The van der Waals surface area contributed by atoms with Gasteiger partial charge in [0.05, 0.1) is 17.5 Å². The summed E-state index contributed by atoms with van der Waals surface area (Å²) in [5, 5.41) is 9.38. The molecule has 0 unspecified atom stereocenters. The average Bonchev–Trinajstić information content (AvgIpc) is 3.04. The Kier molecular flexibility index (Phi) is 4.57. The van der Waals surface area contributed by atoms with E-state index in [1.165, 1.54) is 16.6 Å². The topological polar surface area (TPSA) is 100 Å². The van der Waals surface area contributed by atoms with Crippen LogP contribution in [0.4, 0.5) is 0 Å². The van der Waals surface area contributed by atoms with Crippen LogP contribution >= 0.6 is 0 Å². The van der Waals surface area contributed by atoms with E-state index < -0.39 is 16.0 Å². The lowest BCUT2D eigenvalue weighted by Gasteiger charge is -2.14. The third kappa shape index (κ3) is 3.69. The van der Waals surface area contributed by atoms with Gasteiger partial charge in [-0.1, -0.05) is 18.2 Å². The van der Waals surface area contributed by atoms with Gasteiger partial charge < -0.3 is 5.11 Å². The van der Waals surface area contributed by atoms with Crippen molar-refractivity contribution in [3.8, 4) is 11.3 Å². The quantitative estimate of drug-likeness (QED) is 0.893. The number of sulfonamides is 1. The first-order valence-corrected chi connectivity index (χ1v) is 9.74. The van der Waals surface area contributed by atoms with Crippen molar-refractivity contribution >= 4 is 16.0 Å². The first-order valence-electron chi connectivity index (χ1n) is 7.89. The van der Waals surface area contributed by atoms with Crippen molar-refractivity contribution in [3.63, 3.8) is 0 Å². The Morgan fingerprint density at radius 3 is 2.64 bits per heavy atom. The SMILES string of the molecule is Cc1cc(-c2ccccc2C(=O)O)nc([C@H]2CCN(S(C)(=O)=O)C2)n1. The number of carboxylic acid groups (broad SMARTS) is 1. The maximum Gasteiger partial charge on any atom is 0.336 e. The molecule has 132 valence electrons. The normalized spacial score (nSPS) is 18.4. The molecule has 0 amide bonds. The molecule has 1 aromatic carbocycles. The smallest absolute Gasteiger partial charge is 0.336 e. The van der Waals surface area contributed by atoms with E-state index in [9.17, 15) is 18.3 Å². The van der Waals surface area contributed by atoms with Crippen LogP contribution in [0.5, 0.6) is 0 Å². The average molecular weight is 361 g/mol. The Labute approximate surface area is 146 Å². The fourth-order valence-corrected chi connectivity index (χ4v) is 3.93. The van der Waals surface area contributed by atoms with Crippen molar-refractivity contribution in [1.82, 2.24) is 14.3 Å². The summed E-state index contributed by atoms with van der Waals surface area (Å²) in [6.45, 7) is 2.62. The molecule has 1 saturated heterocycles. The number of hydrogen-bond donors (Lipinski definition) is 1. The van der Waals surface area contributed by atoms with Crippen molar-refractivity contribution in [2.75, 3.05) is 19.3 Å². The molecule has 1 aromatic heterocycles. The van der Waals surface area contributed by atoms with Gasteiger partial charge >= 0.3 is 5.97 Å². The summed E-state index contributed by atoms with van der Waals surface area (Å²) < 4.78 is 24.8. The highest BCUT2D eigenvalue weighted by molar-refractivity contribution is 7.88. The minimum atomic E-state index is -3.23. The van der Waals surface area contributed by atoms with Crippen LogP contribution < -0.4 is 0 Å². The van der Waals surface area contributed by atoms with Gasteiger partial charge in [0.2, 0.25) is 10.0 Å². The molecule has 1 fully saturated rings. The highest BCUT2D eigenvalue weighted by Gasteiger charge is 2.31. The largest absolute Gasteiger partial charge is 0.478 e. The molecule has 2 heterocycles. The van der Waals surface area contributed by atoms with Gasteiger partial charge in [-0.05, 0) is 25.5 Å². The molecule has 2 aromatic rings. The van der Waals surface area contributed by atoms with E-state index in [0.717, 1.165) is 5.69 Å². The van der Waals surface area contributed by atoms with Crippen molar-refractivity contribution in [3.05, 3.63) is 47.4 Å². The second-order valence-electron chi connectivity index (χ2n) is 6.21. The first-order chi connectivity index (χ1) is 11.8. The highest BCUT2D eigenvalue weighted by atomic mass is 32.2. The molecule has 7 nitrogen and oxygen atoms in total. The molecule has 0 aliphatic carbocycles. The zero-order valence-corrected chi connectivity index (χ0v) is 14.8. The minimum absolute atomic E-state index is 0.0923. The monoisotopic (exact) mass is 361 g/mol. The van der Waals surface area contributed by atoms with Gasteiger partial charge in [0.25, 0.3) is 0 Å². The third-order valence-corrected chi connectivity index (χ3v) is 5.56. The predicted molar refractivity (Wildman–Crippen MR) is 92.9 cm³/mol. The molecule has 1 N–H and O–H groups in total. The molecule has 3 rings (SSSR count). The zero-order valence-electron chi connectivity index (χ0n) is 14.0. The van der Waals surface area contributed by atoms with Crippen LogP contribution in [0.25, 0.3) is 11.3 Å². The van der Waals surface area contributed by atoms with E-state index in [-0.39, 0.29) is 11.5 Å². The molecule has 0 spiro atoms. The Bertz CT molecular complexity index is 927. The number of rotatable bonds is 4. The molecule has 1 atom stereocenters. The lowest BCUT2D eigenvalue weighted by Crippen LogP contribution is -2.27. The van der Waals surface area contributed by atoms with Gasteiger partial charge in [0, 0.05) is 30.3 Å². The summed E-state index contributed by atoms with van der Waals surface area (Å²) in [4.78, 5) is 20.5. The lowest BCUT2D eigenvalue weighted by molar-refractivity contribution is 0.0697. The van der Waals surface area contributed by atoms with E-state index >= 15 is 0 Å². The van der Waals surface area contributed by atoms with E-state index in [1.807, 2.05) is 6.92 Å². The number of benzene rings is 1. The summed E-state index contributed by atoms with van der Waals surface area (Å²) in [5.41, 5.74) is 1.96. The Hall–Kier alpha value is -2.32. The van der Waals surface area contributed by atoms with Gasteiger partial charge in [-0.25, -0.2) is 27.5 Å². The molecular formula is C17H19N3O4S. The number of aromatic nitrogens is 2. The number of aromatic carboxylic acids is 1. The number of hydrogen-bond acceptors (Lipinski definition) is 5. The Balaban J connectivity index is 1.99. The zero-order chi connectivity index (χ0) is 18.2. The van der Waals surface area contributed by atoms with Crippen LogP contribution in [-0.2, 0) is 10.0 Å². The predicted octanol–water partition coefficient (Wildman–Crippen LogP) is 1.90. The number of carboxylic acids is 1. The second kappa shape index (κ2) is 6.53. The van der Waals surface area contributed by atoms with Crippen LogP contribution in [0.15, 0.2) is 30.3 Å². The van der Waals surface area contributed by atoms with Gasteiger partial charge in [-0.3, -0.25) is 0 Å². The highest BCUT2D eigenvalue weighted by Crippen LogP contribution is 2.29. The van der Waals surface area contributed by atoms with Crippen LogP contribution in [0.2, 0.25) is 0 Å². The minimum Gasteiger partial charge on any atom is -0.478 e. The van der Waals surface area contributed by atoms with Gasteiger partial charge in [0.15, 0.2) is 0 Å². The summed E-state index contributed by atoms with van der Waals surface area (Å²) in [7, 11) is -3.23. The van der Waals surface area contributed by atoms with Crippen LogP contribution in [0, 0.1) is 6.92 Å². The van der Waals surface area contributed by atoms with Crippen molar-refractivity contribution in [2.24, 2.45) is 0 Å². The molecule has 1 aliphatic rings. The van der Waals surface area contributed by atoms with Crippen molar-refractivity contribution in [2.45, 2.75) is 19.3 Å². The fourth-order valence-electron chi connectivity index (χ4n) is 3.05. The van der Waals surface area contributed by atoms with E-state index in [1.54, 1.807) is 24.3 Å². The number of nitrogens with zero attached hydrogens (tertiary/aromatic N) is 3. The summed E-state index contributed by atoms with van der Waals surface area (Å²) in [6.07, 6.45) is 1.84. The van der Waals surface area contributed by atoms with Crippen LogP contribution in [0.3, 0.4) is 0 Å². The van der Waals surface area contributed by atoms with Gasteiger partial charge in [-0.2, -0.15) is 0 Å². The van der Waals surface area contributed by atoms with Crippen molar-refractivity contribution in [1.29, 1.82) is 0 Å². The lowest BCUT2D eigenvalue weighted by atomic mass is 10.0. The van der Waals surface area contributed by atoms with E-state index in [4.69, 9.17) is 0 Å². The fraction of sp³-hybridized carbons (Fsp3) is 0.353. The maximum absolute atomic E-state index is 11.7. The first kappa shape index (κ1) is 17.5. The molecule has 0 radical (unpaired) electrons. The van der Waals surface area contributed by atoms with Gasteiger partial charge in [-0.15, -0.1) is 0 Å². The maximum atomic E-state index is 11.7. The molecule has 0 saturated carbocycles. The van der Waals surface area contributed by atoms with E-state index in [2.05, 4.69) is 9.97 Å². The molecule has 8 heteroatoms. The second-order valence-corrected chi connectivity index (χ2v) is 8.19. The summed E-state index contributed by atoms with van der Waals surface area (Å²) in [5.74, 6) is -0.552. The summed E-state index contributed by atoms with van der Waals surface area (Å²) in [6, 6.07) is 8.43. The molecule has 0 bridgehead atoms. The van der Waals surface area contributed by atoms with Crippen LogP contribution in [-0.4, -0.2) is 53.1 Å². The van der Waals surface area contributed by atoms with E-state index in [0.29, 0.717) is 36.6 Å². The molecule has 25 heavy (non-hydrogen) atoms. The third-order valence-electron chi connectivity index (χ3n) is 4.29. The number of aryl methyl sites for hydroxylation is 1. The van der Waals surface area contributed by atoms with Crippen molar-refractivity contribution < 1.29 is 18.3 Å². The Morgan fingerprint density at radius 1 is 1.28 bits per heavy atom. The Morgan fingerprint density at radius 2 is 2.00 bits per heavy atom. The number of carbonyl (C=O) groups is 1. The molecule has 1 aliphatic heterocycles. The van der Waals surface area contributed by atoms with Gasteiger partial charge in [0.1, 0.15) is 5.82 Å². The molecular weight excluding hydrogens is 342 g/mol. The standard InChI is InChI=1S/C17H19N3O4S/c1-11-9-15(13-5-3-4-6-14(13)17(21)22)19-16(18-11)12-7-8-20(10-12)25(2,23)24/h3-6,9,12H,7-8,10H2,1-2H3,(H,21,22)/t12-/m0/s1.